The van der Waals surface area contributed by atoms with E-state index in [1.807, 2.05) is 0 Å². The maximum Gasteiger partial charge on any atom is 0.143 e. The van der Waals surface area contributed by atoms with Gasteiger partial charge in [0.25, 0.3) is 0 Å². The highest BCUT2D eigenvalue weighted by molar-refractivity contribution is 6.04. The van der Waals surface area contributed by atoms with Crippen molar-refractivity contribution in [3.05, 3.63) is 244 Å². The Morgan fingerprint density at radius 2 is 1.00 bits per heavy atom. The van der Waals surface area contributed by atoms with E-state index in [4.69, 9.17) is 4.42 Å². The molecule has 0 bridgehead atoms. The third kappa shape index (κ3) is 8.07. The van der Waals surface area contributed by atoms with E-state index in [-0.39, 0.29) is 21.7 Å². The molecular weight excluding hydrogens is 989 g/mol. The van der Waals surface area contributed by atoms with Gasteiger partial charge < -0.3 is 4.42 Å². The molecule has 1 heterocycles. The van der Waals surface area contributed by atoms with E-state index in [9.17, 15) is 0 Å². The zero-order valence-electron chi connectivity index (χ0n) is 50.7. The first-order chi connectivity index (χ1) is 39.3. The lowest BCUT2D eigenvalue weighted by Crippen LogP contribution is -2.37. The molecule has 1 heteroatoms. The van der Waals surface area contributed by atoms with Gasteiger partial charge in [0.2, 0.25) is 0 Å². The van der Waals surface area contributed by atoms with Gasteiger partial charge in [0.05, 0.1) is 0 Å². The van der Waals surface area contributed by atoms with Gasteiger partial charge in [-0.15, -0.1) is 0 Å². The van der Waals surface area contributed by atoms with Crippen LogP contribution >= 0.6 is 0 Å². The summed E-state index contributed by atoms with van der Waals surface area (Å²) in [6.07, 6.45) is 6.64. The maximum atomic E-state index is 7.67. The second-order valence-corrected chi connectivity index (χ2v) is 27.0. The molecule has 1 aromatic heterocycles. The third-order valence-corrected chi connectivity index (χ3v) is 20.8. The number of hydrogen-bond acceptors (Lipinski definition) is 1. The summed E-state index contributed by atoms with van der Waals surface area (Å²) >= 11 is 0. The van der Waals surface area contributed by atoms with E-state index in [0.717, 1.165) is 57.7 Å². The average Bonchev–Trinajstić information content (AvgIpc) is 4.31. The maximum absolute atomic E-state index is 7.67. The van der Waals surface area contributed by atoms with Crippen LogP contribution in [-0.4, -0.2) is 0 Å². The highest BCUT2D eigenvalue weighted by Gasteiger charge is 2.49. The average molecular weight is 1070 g/mol. The number of fused-ring (bicyclic) bond motifs is 10. The molecule has 1 nitrogen and oxygen atoms in total. The van der Waals surface area contributed by atoms with Gasteiger partial charge in [-0.3, -0.25) is 0 Å². The van der Waals surface area contributed by atoms with Crippen molar-refractivity contribution in [1.82, 2.24) is 0 Å². The van der Waals surface area contributed by atoms with Crippen LogP contribution in [0.15, 0.2) is 199 Å². The molecule has 0 saturated carbocycles. The summed E-state index contributed by atoms with van der Waals surface area (Å²) in [7, 11) is 0. The number of allylic oxidation sites excluding steroid dienone is 1. The number of benzene rings is 9. The summed E-state index contributed by atoms with van der Waals surface area (Å²) < 4.78 is 7.67. The molecule has 0 radical (unpaired) electrons. The number of hydrogen-bond donors (Lipinski definition) is 0. The predicted octanol–water partition coefficient (Wildman–Crippen LogP) is 22.5. The normalized spacial score (nSPS) is 15.9. The molecule has 410 valence electrons. The molecule has 0 spiro atoms. The van der Waals surface area contributed by atoms with Gasteiger partial charge >= 0.3 is 0 Å². The topological polar surface area (TPSA) is 13.1 Å². The molecule has 82 heavy (non-hydrogen) atoms. The Morgan fingerprint density at radius 1 is 0.427 bits per heavy atom. The fourth-order valence-corrected chi connectivity index (χ4v) is 15.9. The van der Waals surface area contributed by atoms with E-state index in [1.54, 1.807) is 0 Å². The van der Waals surface area contributed by atoms with Crippen LogP contribution in [0, 0.1) is 23.7 Å². The van der Waals surface area contributed by atoms with E-state index in [2.05, 4.69) is 290 Å². The largest absolute Gasteiger partial charge is 0.455 e. The van der Waals surface area contributed by atoms with E-state index >= 15 is 0 Å². The quantitative estimate of drug-likeness (QED) is 0.133. The van der Waals surface area contributed by atoms with Gasteiger partial charge in [0.1, 0.15) is 11.5 Å². The van der Waals surface area contributed by atoms with Crippen LogP contribution in [0.25, 0.3) is 95.1 Å². The van der Waals surface area contributed by atoms with Crippen LogP contribution in [0.4, 0.5) is 0 Å². The lowest BCUT2D eigenvalue weighted by atomic mass is 9.62. The Balaban J connectivity index is 1.00. The zero-order chi connectivity index (χ0) is 57.2. The Morgan fingerprint density at radius 3 is 1.66 bits per heavy atom. The molecule has 0 fully saturated rings. The minimum Gasteiger partial charge on any atom is -0.455 e. The highest BCUT2D eigenvalue weighted by atomic mass is 16.3. The van der Waals surface area contributed by atoms with Crippen molar-refractivity contribution in [2.45, 2.75) is 125 Å². The molecule has 10 aromatic rings. The Kier molecular flexibility index (Phi) is 12.9. The minimum atomic E-state index is -0.236. The summed E-state index contributed by atoms with van der Waals surface area (Å²) in [4.78, 5) is 0. The molecule has 0 N–H and O–H groups in total. The van der Waals surface area contributed by atoms with Crippen LogP contribution in [0.5, 0.6) is 0 Å². The Labute approximate surface area is 489 Å². The second kappa shape index (κ2) is 19.7. The van der Waals surface area contributed by atoms with E-state index in [0.29, 0.717) is 23.7 Å². The van der Waals surface area contributed by atoms with E-state index in [1.165, 1.54) is 94.2 Å². The van der Waals surface area contributed by atoms with Crippen molar-refractivity contribution in [3.8, 4) is 78.3 Å². The van der Waals surface area contributed by atoms with Crippen LogP contribution in [-0.2, 0) is 28.1 Å². The second-order valence-electron chi connectivity index (χ2n) is 27.0. The molecule has 0 amide bonds. The van der Waals surface area contributed by atoms with Crippen LogP contribution < -0.4 is 0 Å². The monoisotopic (exact) mass is 1070 g/mol. The molecule has 9 aromatic carbocycles. The molecule has 3 aliphatic rings. The molecule has 0 saturated heterocycles. The van der Waals surface area contributed by atoms with Crippen molar-refractivity contribution in [3.63, 3.8) is 0 Å². The molecule has 0 unspecified atom stereocenters. The first-order valence-electron chi connectivity index (χ1n) is 30.5. The summed E-state index contributed by atoms with van der Waals surface area (Å²) in [6, 6.07) is 71.7. The molecule has 0 atom stereocenters. The smallest absolute Gasteiger partial charge is 0.143 e. The summed E-state index contributed by atoms with van der Waals surface area (Å²) in [5.41, 5.74) is 26.9. The van der Waals surface area contributed by atoms with E-state index < -0.39 is 0 Å². The molecule has 0 aliphatic heterocycles. The Hall–Kier alpha value is -7.74. The Bertz CT molecular complexity index is 4130. The first-order valence-corrected chi connectivity index (χ1v) is 30.5. The van der Waals surface area contributed by atoms with Gasteiger partial charge in [-0.2, -0.15) is 0 Å². The van der Waals surface area contributed by atoms with Crippen molar-refractivity contribution >= 4 is 16.8 Å². The zero-order valence-corrected chi connectivity index (χ0v) is 50.7. The fraction of sp³-hybridized carbons (Fsp3) is 0.284. The molecule has 13 rings (SSSR count). The van der Waals surface area contributed by atoms with Crippen molar-refractivity contribution in [2.24, 2.45) is 23.7 Å². The van der Waals surface area contributed by atoms with Gasteiger partial charge in [0.15, 0.2) is 0 Å². The lowest BCUT2D eigenvalue weighted by molar-refractivity contribution is 0.245. The SMILES string of the molecule is CC(C)C(C)(c1cc2c(cc1-c1ccc(-c3oc(-c4ccc5c(c4)C(C(C)C)(C(C)C)c4cc6c(cc4-5)C(C)(C)C/C=C\c4ccccc4C6)c(-c4ccccc4)c3-c3ccccc3)cc1)C(C)(C)c1ccc3ccccc3c1-2)C(C)C. The highest BCUT2D eigenvalue weighted by Crippen LogP contribution is 2.60. The number of furan rings is 1. The van der Waals surface area contributed by atoms with Crippen molar-refractivity contribution in [1.29, 1.82) is 0 Å². The van der Waals surface area contributed by atoms with Crippen molar-refractivity contribution in [2.75, 3.05) is 0 Å². The third-order valence-electron chi connectivity index (χ3n) is 20.8. The summed E-state index contributed by atoms with van der Waals surface area (Å²) in [5, 5.41) is 2.63. The standard InChI is InChI=1S/C81H80O/c1-49(2)80(13,50(3)4)70-48-66-69(79(11,12)67-41-39-54-26-22-23-33-62(54)75(66)67)46-64(70)55-34-36-58(37-35-55)76-73(56-27-16-14-17-28-56)74(57-29-18-15-19-30-57)77(82-76)60-38-40-63-65-47-68-61(45-72(65)81(51(5)6,52(7)8)71(63)44-60)43-59-31-21-20-25-53(59)32-24-42-78(68,9)10/h14-41,44-52H,42-43H2,1-13H3/b32-24-. The predicted molar refractivity (Wildman–Crippen MR) is 350 cm³/mol. The lowest BCUT2D eigenvalue weighted by Gasteiger charge is -2.41. The number of rotatable bonds is 10. The van der Waals surface area contributed by atoms with Crippen LogP contribution in [0.3, 0.4) is 0 Å². The summed E-state index contributed by atoms with van der Waals surface area (Å²) in [5.74, 6) is 3.24. The van der Waals surface area contributed by atoms with Crippen molar-refractivity contribution < 1.29 is 4.42 Å². The van der Waals surface area contributed by atoms with Gasteiger partial charge in [0, 0.05) is 33.1 Å². The fourth-order valence-electron chi connectivity index (χ4n) is 15.9. The summed E-state index contributed by atoms with van der Waals surface area (Å²) in [6.45, 7) is 31.7. The van der Waals surface area contributed by atoms with Crippen LogP contribution in [0.1, 0.15) is 147 Å². The first kappa shape index (κ1) is 53.6. The minimum absolute atomic E-state index is 0.0451. The van der Waals surface area contributed by atoms with Gasteiger partial charge in [-0.25, -0.2) is 0 Å². The van der Waals surface area contributed by atoms with Gasteiger partial charge in [-0.05, 0) is 177 Å². The van der Waals surface area contributed by atoms with Crippen LogP contribution in [0.2, 0.25) is 0 Å². The molecular formula is C81H80O. The van der Waals surface area contributed by atoms with Gasteiger partial charge in [-0.1, -0.05) is 266 Å². The molecule has 3 aliphatic carbocycles.